The maximum atomic E-state index is 12.7. The number of anilines is 1. The molecule has 2 aromatic carbocycles. The number of benzene rings is 2. The SMILES string of the molecule is CSCC[C@@H](NS(=O)(=O)c1ccc(Cl)cc1)C(=O)Nc1ccc(CC(=O)O)cc1. The summed E-state index contributed by atoms with van der Waals surface area (Å²) in [6.07, 6.45) is 2.05. The summed E-state index contributed by atoms with van der Waals surface area (Å²) in [5.41, 5.74) is 1.04. The van der Waals surface area contributed by atoms with Gasteiger partial charge >= 0.3 is 5.97 Å². The molecule has 0 aliphatic carbocycles. The first-order valence-corrected chi connectivity index (χ1v) is 11.8. The normalized spacial score (nSPS) is 12.3. The van der Waals surface area contributed by atoms with Crippen molar-refractivity contribution in [1.29, 1.82) is 0 Å². The molecule has 0 aromatic heterocycles. The fourth-order valence-electron chi connectivity index (χ4n) is 2.46. The number of rotatable bonds is 10. The Morgan fingerprint density at radius 3 is 2.28 bits per heavy atom. The zero-order valence-corrected chi connectivity index (χ0v) is 18.0. The van der Waals surface area contributed by atoms with Crippen LogP contribution in [0, 0.1) is 0 Å². The number of amides is 1. The monoisotopic (exact) mass is 456 g/mol. The van der Waals surface area contributed by atoms with Crippen LogP contribution >= 0.6 is 23.4 Å². The lowest BCUT2D eigenvalue weighted by molar-refractivity contribution is -0.136. The van der Waals surface area contributed by atoms with E-state index in [0.717, 1.165) is 0 Å². The van der Waals surface area contributed by atoms with Gasteiger partial charge in [-0.3, -0.25) is 9.59 Å². The van der Waals surface area contributed by atoms with Crippen LogP contribution in [-0.4, -0.2) is 43.5 Å². The topological polar surface area (TPSA) is 113 Å². The Kier molecular flexibility index (Phi) is 8.51. The molecule has 0 heterocycles. The van der Waals surface area contributed by atoms with Gasteiger partial charge in [-0.1, -0.05) is 23.7 Å². The fourth-order valence-corrected chi connectivity index (χ4v) is 4.29. The van der Waals surface area contributed by atoms with E-state index >= 15 is 0 Å². The van der Waals surface area contributed by atoms with Gasteiger partial charge in [0.15, 0.2) is 0 Å². The predicted molar refractivity (Wildman–Crippen MR) is 115 cm³/mol. The summed E-state index contributed by atoms with van der Waals surface area (Å²) in [4.78, 5) is 23.4. The molecule has 0 spiro atoms. The highest BCUT2D eigenvalue weighted by molar-refractivity contribution is 7.98. The fraction of sp³-hybridized carbons (Fsp3) is 0.263. The third-order valence-corrected chi connectivity index (χ3v) is 6.31. The number of aliphatic carboxylic acids is 1. The third kappa shape index (κ3) is 7.36. The van der Waals surface area contributed by atoms with Crippen LogP contribution in [0.3, 0.4) is 0 Å². The van der Waals surface area contributed by atoms with Crippen LogP contribution in [0.4, 0.5) is 5.69 Å². The molecule has 2 aromatic rings. The van der Waals surface area contributed by atoms with E-state index in [-0.39, 0.29) is 11.3 Å². The molecule has 156 valence electrons. The van der Waals surface area contributed by atoms with Gasteiger partial charge < -0.3 is 10.4 Å². The second-order valence-corrected chi connectivity index (χ2v) is 9.30. The van der Waals surface area contributed by atoms with Crippen LogP contribution in [0.2, 0.25) is 5.02 Å². The molecule has 3 N–H and O–H groups in total. The van der Waals surface area contributed by atoms with Crippen molar-refractivity contribution in [3.63, 3.8) is 0 Å². The molecule has 0 radical (unpaired) electrons. The lowest BCUT2D eigenvalue weighted by atomic mass is 10.1. The number of carbonyl (C=O) groups is 2. The van der Waals surface area contributed by atoms with Gasteiger partial charge in [0, 0.05) is 10.7 Å². The Balaban J connectivity index is 2.12. The molecule has 0 saturated heterocycles. The van der Waals surface area contributed by atoms with Crippen molar-refractivity contribution in [1.82, 2.24) is 4.72 Å². The second kappa shape index (κ2) is 10.6. The molecule has 2 rings (SSSR count). The van der Waals surface area contributed by atoms with E-state index in [9.17, 15) is 18.0 Å². The maximum Gasteiger partial charge on any atom is 0.307 e. The van der Waals surface area contributed by atoms with Crippen molar-refractivity contribution in [3.8, 4) is 0 Å². The zero-order chi connectivity index (χ0) is 21.4. The van der Waals surface area contributed by atoms with E-state index in [4.69, 9.17) is 16.7 Å². The van der Waals surface area contributed by atoms with Gasteiger partial charge in [0.2, 0.25) is 15.9 Å². The van der Waals surface area contributed by atoms with Crippen molar-refractivity contribution < 1.29 is 23.1 Å². The maximum absolute atomic E-state index is 12.7. The second-order valence-electron chi connectivity index (χ2n) is 6.17. The highest BCUT2D eigenvalue weighted by Gasteiger charge is 2.25. The van der Waals surface area contributed by atoms with Crippen molar-refractivity contribution in [2.45, 2.75) is 23.8 Å². The summed E-state index contributed by atoms with van der Waals surface area (Å²) in [7, 11) is -3.91. The first kappa shape index (κ1) is 23.2. The van der Waals surface area contributed by atoms with Gasteiger partial charge in [-0.15, -0.1) is 0 Å². The van der Waals surface area contributed by atoms with Crippen LogP contribution in [0.1, 0.15) is 12.0 Å². The minimum absolute atomic E-state index is 0.0156. The number of carboxylic acid groups (broad SMARTS) is 1. The molecular formula is C19H21ClN2O5S2. The Bertz CT molecular complexity index is 948. The van der Waals surface area contributed by atoms with E-state index in [1.807, 2.05) is 6.26 Å². The van der Waals surface area contributed by atoms with Crippen LogP contribution in [-0.2, 0) is 26.0 Å². The smallest absolute Gasteiger partial charge is 0.307 e. The molecule has 0 bridgehead atoms. The van der Waals surface area contributed by atoms with E-state index < -0.39 is 27.9 Å². The summed E-state index contributed by atoms with van der Waals surface area (Å²) in [6.45, 7) is 0. The molecule has 29 heavy (non-hydrogen) atoms. The number of sulfonamides is 1. The van der Waals surface area contributed by atoms with Crippen LogP contribution < -0.4 is 10.0 Å². The van der Waals surface area contributed by atoms with Crippen molar-refractivity contribution >= 4 is 50.9 Å². The third-order valence-electron chi connectivity index (χ3n) is 3.93. The molecule has 10 heteroatoms. The summed E-state index contributed by atoms with van der Waals surface area (Å²) >= 11 is 7.30. The predicted octanol–water partition coefficient (Wildman–Crippen LogP) is 3.01. The standard InChI is InChI=1S/C19H21ClN2O5S2/c1-28-11-10-17(22-29(26,27)16-8-4-14(20)5-9-16)19(25)21-15-6-2-13(3-7-15)12-18(23)24/h2-9,17,22H,10-12H2,1H3,(H,21,25)(H,23,24)/t17-/m1/s1. The summed E-state index contributed by atoms with van der Waals surface area (Å²) < 4.78 is 27.7. The Morgan fingerprint density at radius 2 is 1.72 bits per heavy atom. The molecule has 0 aliphatic rings. The molecule has 0 aliphatic heterocycles. The van der Waals surface area contributed by atoms with Crippen LogP contribution in [0.15, 0.2) is 53.4 Å². The lowest BCUT2D eigenvalue weighted by Crippen LogP contribution is -2.44. The van der Waals surface area contributed by atoms with Gasteiger partial charge in [0.05, 0.1) is 11.3 Å². The van der Waals surface area contributed by atoms with Crippen LogP contribution in [0.5, 0.6) is 0 Å². The molecule has 0 unspecified atom stereocenters. The van der Waals surface area contributed by atoms with E-state index in [1.165, 1.54) is 36.0 Å². The van der Waals surface area contributed by atoms with Crippen molar-refractivity contribution in [2.75, 3.05) is 17.3 Å². The molecule has 7 nitrogen and oxygen atoms in total. The molecule has 1 atom stereocenters. The number of hydrogen-bond acceptors (Lipinski definition) is 5. The first-order chi connectivity index (χ1) is 13.7. The Labute approximate surface area is 178 Å². The van der Waals surface area contributed by atoms with Gasteiger partial charge in [0.1, 0.15) is 6.04 Å². The number of carbonyl (C=O) groups excluding carboxylic acids is 1. The van der Waals surface area contributed by atoms with Gasteiger partial charge in [0.25, 0.3) is 0 Å². The summed E-state index contributed by atoms with van der Waals surface area (Å²) in [5, 5.41) is 11.9. The number of hydrogen-bond donors (Lipinski definition) is 3. The van der Waals surface area contributed by atoms with E-state index in [0.29, 0.717) is 28.4 Å². The van der Waals surface area contributed by atoms with E-state index in [2.05, 4.69) is 10.0 Å². The van der Waals surface area contributed by atoms with Crippen LogP contribution in [0.25, 0.3) is 0 Å². The van der Waals surface area contributed by atoms with E-state index in [1.54, 1.807) is 24.3 Å². The minimum Gasteiger partial charge on any atom is -0.481 e. The van der Waals surface area contributed by atoms with Crippen molar-refractivity contribution in [2.24, 2.45) is 0 Å². The molecule has 0 fully saturated rings. The first-order valence-electron chi connectivity index (χ1n) is 8.59. The highest BCUT2D eigenvalue weighted by atomic mass is 35.5. The average Bonchev–Trinajstić information content (AvgIpc) is 2.66. The zero-order valence-electron chi connectivity index (χ0n) is 15.6. The lowest BCUT2D eigenvalue weighted by Gasteiger charge is -2.18. The summed E-state index contributed by atoms with van der Waals surface area (Å²) in [6, 6.07) is 11.0. The number of nitrogens with one attached hydrogen (secondary N) is 2. The Hall–Kier alpha value is -2.07. The van der Waals surface area contributed by atoms with Gasteiger partial charge in [-0.25, -0.2) is 8.42 Å². The number of halogens is 1. The summed E-state index contributed by atoms with van der Waals surface area (Å²) in [5.74, 6) is -0.864. The quantitative estimate of drug-likeness (QED) is 0.506. The van der Waals surface area contributed by atoms with Gasteiger partial charge in [-0.05, 0) is 60.4 Å². The largest absolute Gasteiger partial charge is 0.481 e. The molecule has 0 saturated carbocycles. The average molecular weight is 457 g/mol. The van der Waals surface area contributed by atoms with Crippen molar-refractivity contribution in [3.05, 3.63) is 59.1 Å². The molecule has 1 amide bonds. The number of carboxylic acids is 1. The van der Waals surface area contributed by atoms with Gasteiger partial charge in [-0.2, -0.15) is 16.5 Å². The Morgan fingerprint density at radius 1 is 1.10 bits per heavy atom. The minimum atomic E-state index is -3.91. The number of thioether (sulfide) groups is 1. The highest BCUT2D eigenvalue weighted by Crippen LogP contribution is 2.16. The molecular weight excluding hydrogens is 436 g/mol.